The summed E-state index contributed by atoms with van der Waals surface area (Å²) in [6, 6.07) is 0. The summed E-state index contributed by atoms with van der Waals surface area (Å²) in [5.74, 6) is 1.72. The summed E-state index contributed by atoms with van der Waals surface area (Å²) in [5, 5.41) is 0. The lowest BCUT2D eigenvalue weighted by atomic mass is 10.2. The summed E-state index contributed by atoms with van der Waals surface area (Å²) < 4.78 is 2.22. The number of halogens is 1. The lowest BCUT2D eigenvalue weighted by Gasteiger charge is -2.34. The Morgan fingerprint density at radius 1 is 1.30 bits per heavy atom. The summed E-state index contributed by atoms with van der Waals surface area (Å²) in [4.78, 5) is 20.1. The number of amides is 1. The first kappa shape index (κ1) is 15.3. The highest BCUT2D eigenvalue weighted by molar-refractivity contribution is 6.27. The Bertz CT molecular complexity index is 438. The van der Waals surface area contributed by atoms with Crippen molar-refractivity contribution in [1.29, 1.82) is 0 Å². The van der Waals surface area contributed by atoms with Crippen LogP contribution in [0.5, 0.6) is 0 Å². The van der Waals surface area contributed by atoms with Crippen molar-refractivity contribution in [1.82, 2.24) is 19.4 Å². The van der Waals surface area contributed by atoms with E-state index in [2.05, 4.69) is 28.3 Å². The molecule has 6 heteroatoms. The van der Waals surface area contributed by atoms with E-state index in [0.717, 1.165) is 45.1 Å². The van der Waals surface area contributed by atoms with Crippen LogP contribution in [0.1, 0.15) is 25.6 Å². The first-order valence-corrected chi connectivity index (χ1v) is 7.72. The maximum absolute atomic E-state index is 11.5. The first-order valence-electron chi connectivity index (χ1n) is 7.19. The van der Waals surface area contributed by atoms with Gasteiger partial charge < -0.3 is 9.47 Å². The minimum Gasteiger partial charge on any atom is -0.339 e. The van der Waals surface area contributed by atoms with E-state index in [1.165, 1.54) is 0 Å². The number of hydrogen-bond acceptors (Lipinski definition) is 3. The molecule has 112 valence electrons. The number of hydrogen-bond donors (Lipinski definition) is 0. The van der Waals surface area contributed by atoms with Crippen molar-refractivity contribution < 1.29 is 4.79 Å². The molecule has 0 radical (unpaired) electrons. The maximum Gasteiger partial charge on any atom is 0.237 e. The second-order valence-electron chi connectivity index (χ2n) is 5.49. The van der Waals surface area contributed by atoms with Crippen LogP contribution in [0.15, 0.2) is 12.4 Å². The van der Waals surface area contributed by atoms with Gasteiger partial charge in [0.1, 0.15) is 11.7 Å². The first-order chi connectivity index (χ1) is 9.61. The third-order valence-electron chi connectivity index (χ3n) is 3.76. The van der Waals surface area contributed by atoms with Gasteiger partial charge in [-0.3, -0.25) is 9.69 Å². The third kappa shape index (κ3) is 3.73. The highest BCUT2D eigenvalue weighted by Gasteiger charge is 2.20. The largest absolute Gasteiger partial charge is 0.339 e. The zero-order valence-electron chi connectivity index (χ0n) is 12.3. The highest BCUT2D eigenvalue weighted by atomic mass is 35.5. The van der Waals surface area contributed by atoms with E-state index >= 15 is 0 Å². The van der Waals surface area contributed by atoms with E-state index in [4.69, 9.17) is 11.6 Å². The average molecular weight is 299 g/mol. The van der Waals surface area contributed by atoms with Gasteiger partial charge in [-0.25, -0.2) is 4.98 Å². The molecule has 1 amide bonds. The van der Waals surface area contributed by atoms with Gasteiger partial charge in [0.15, 0.2) is 0 Å². The van der Waals surface area contributed by atoms with Gasteiger partial charge in [-0.1, -0.05) is 13.8 Å². The van der Waals surface area contributed by atoms with Crippen LogP contribution < -0.4 is 0 Å². The van der Waals surface area contributed by atoms with Crippen LogP contribution in [0.3, 0.4) is 0 Å². The van der Waals surface area contributed by atoms with Crippen LogP contribution in [0.25, 0.3) is 0 Å². The van der Waals surface area contributed by atoms with Gasteiger partial charge in [0.2, 0.25) is 5.91 Å². The Labute approximate surface area is 125 Å². The molecular weight excluding hydrogens is 276 g/mol. The van der Waals surface area contributed by atoms with Gasteiger partial charge in [-0.2, -0.15) is 0 Å². The average Bonchev–Trinajstić information content (AvgIpc) is 2.93. The van der Waals surface area contributed by atoms with Crippen molar-refractivity contribution in [2.75, 3.05) is 38.6 Å². The van der Waals surface area contributed by atoms with Crippen LogP contribution >= 0.6 is 11.6 Å². The Morgan fingerprint density at radius 2 is 2.00 bits per heavy atom. The van der Waals surface area contributed by atoms with Gasteiger partial charge in [0.25, 0.3) is 0 Å². The van der Waals surface area contributed by atoms with Crippen LogP contribution in [-0.4, -0.2) is 63.9 Å². The molecule has 0 N–H and O–H groups in total. The van der Waals surface area contributed by atoms with Crippen LogP contribution in [0.4, 0.5) is 0 Å². The van der Waals surface area contributed by atoms with E-state index in [0.29, 0.717) is 5.92 Å². The van der Waals surface area contributed by atoms with Crippen molar-refractivity contribution in [3.05, 3.63) is 18.2 Å². The fourth-order valence-corrected chi connectivity index (χ4v) is 2.73. The van der Waals surface area contributed by atoms with Gasteiger partial charge >= 0.3 is 0 Å². The summed E-state index contributed by atoms with van der Waals surface area (Å²) in [5.41, 5.74) is 0. The van der Waals surface area contributed by atoms with Crippen LogP contribution in [-0.2, 0) is 11.3 Å². The predicted octanol–water partition coefficient (Wildman–Crippen LogP) is 1.39. The number of aromatic nitrogens is 2. The SMILES string of the molecule is CC(C)c1nccn1CCN1CCN(C(=O)CCl)CC1. The van der Waals surface area contributed by atoms with Crippen molar-refractivity contribution in [2.45, 2.75) is 26.3 Å². The number of piperazine rings is 1. The lowest BCUT2D eigenvalue weighted by molar-refractivity contribution is -0.130. The molecule has 0 unspecified atom stereocenters. The number of nitrogens with zero attached hydrogens (tertiary/aromatic N) is 4. The summed E-state index contributed by atoms with van der Waals surface area (Å²) in [6.45, 7) is 9.70. The molecule has 1 aromatic rings. The zero-order chi connectivity index (χ0) is 14.5. The molecule has 0 bridgehead atoms. The summed E-state index contributed by atoms with van der Waals surface area (Å²) in [7, 11) is 0. The number of carbonyl (C=O) groups excluding carboxylic acids is 1. The number of carbonyl (C=O) groups is 1. The standard InChI is InChI=1S/C14H23ClN4O/c1-12(2)14-16-3-4-19(14)10-7-17-5-8-18(9-6-17)13(20)11-15/h3-4,12H,5-11H2,1-2H3. The van der Waals surface area contributed by atoms with Gasteiger partial charge in [-0.05, 0) is 0 Å². The highest BCUT2D eigenvalue weighted by Crippen LogP contribution is 2.12. The fourth-order valence-electron chi connectivity index (χ4n) is 2.57. The minimum atomic E-state index is 0.0445. The molecular formula is C14H23ClN4O. The van der Waals surface area contributed by atoms with Gasteiger partial charge in [-0.15, -0.1) is 11.6 Å². The molecule has 0 aromatic carbocycles. The summed E-state index contributed by atoms with van der Waals surface area (Å²) >= 11 is 5.58. The maximum atomic E-state index is 11.5. The van der Waals surface area contributed by atoms with E-state index in [1.54, 1.807) is 0 Å². The molecule has 0 atom stereocenters. The van der Waals surface area contributed by atoms with E-state index in [1.807, 2.05) is 17.3 Å². The Balaban J connectivity index is 1.79. The van der Waals surface area contributed by atoms with Gasteiger partial charge in [0, 0.05) is 57.6 Å². The molecule has 0 spiro atoms. The molecule has 5 nitrogen and oxygen atoms in total. The van der Waals surface area contributed by atoms with Gasteiger partial charge in [0.05, 0.1) is 0 Å². The van der Waals surface area contributed by atoms with E-state index < -0.39 is 0 Å². The molecule has 1 fully saturated rings. The third-order valence-corrected chi connectivity index (χ3v) is 3.99. The predicted molar refractivity (Wildman–Crippen MR) is 80.1 cm³/mol. The normalized spacial score (nSPS) is 16.9. The van der Waals surface area contributed by atoms with Crippen molar-refractivity contribution in [3.8, 4) is 0 Å². The van der Waals surface area contributed by atoms with Crippen molar-refractivity contribution >= 4 is 17.5 Å². The molecule has 2 rings (SSSR count). The van der Waals surface area contributed by atoms with E-state index in [9.17, 15) is 4.79 Å². The molecule has 2 heterocycles. The second-order valence-corrected chi connectivity index (χ2v) is 5.76. The molecule has 1 saturated heterocycles. The topological polar surface area (TPSA) is 41.4 Å². The Morgan fingerprint density at radius 3 is 2.60 bits per heavy atom. The summed E-state index contributed by atoms with van der Waals surface area (Å²) in [6.07, 6.45) is 3.91. The molecule has 1 aliphatic heterocycles. The monoisotopic (exact) mass is 298 g/mol. The van der Waals surface area contributed by atoms with Crippen LogP contribution in [0, 0.1) is 0 Å². The molecule has 0 saturated carbocycles. The fraction of sp³-hybridized carbons (Fsp3) is 0.714. The minimum absolute atomic E-state index is 0.0445. The second kappa shape index (κ2) is 7.09. The lowest BCUT2D eigenvalue weighted by Crippen LogP contribution is -2.49. The smallest absolute Gasteiger partial charge is 0.237 e. The molecule has 1 aliphatic rings. The molecule has 1 aromatic heterocycles. The van der Waals surface area contributed by atoms with Crippen molar-refractivity contribution in [2.24, 2.45) is 0 Å². The number of alkyl halides is 1. The number of imidazole rings is 1. The number of rotatable bonds is 5. The Kier molecular flexibility index (Phi) is 5.43. The van der Waals surface area contributed by atoms with E-state index in [-0.39, 0.29) is 11.8 Å². The molecule has 20 heavy (non-hydrogen) atoms. The zero-order valence-corrected chi connectivity index (χ0v) is 13.0. The Hall–Kier alpha value is -1.07. The van der Waals surface area contributed by atoms with Crippen LogP contribution in [0.2, 0.25) is 0 Å². The molecule has 0 aliphatic carbocycles. The quantitative estimate of drug-likeness (QED) is 0.772. The van der Waals surface area contributed by atoms with Crippen molar-refractivity contribution in [3.63, 3.8) is 0 Å².